The van der Waals surface area contributed by atoms with Crippen LogP contribution in [0, 0.1) is 20.8 Å². The molecule has 3 heterocycles. The van der Waals surface area contributed by atoms with Gasteiger partial charge in [-0.15, -0.1) is 0 Å². The van der Waals surface area contributed by atoms with Gasteiger partial charge in [-0.2, -0.15) is 0 Å². The number of hydrogen-bond donors (Lipinski definition) is 1. The molecule has 0 aliphatic carbocycles. The van der Waals surface area contributed by atoms with Crippen molar-refractivity contribution in [2.75, 3.05) is 42.9 Å². The molecular weight excluding hydrogens is 308 g/mol. The van der Waals surface area contributed by atoms with Crippen molar-refractivity contribution in [1.29, 1.82) is 0 Å². The number of carbonyl (C=O) groups is 1. The zero-order chi connectivity index (χ0) is 17.1. The normalized spacial score (nSPS) is 15.5. The topological polar surface area (TPSA) is 87.4 Å². The van der Waals surface area contributed by atoms with Crippen molar-refractivity contribution in [3.8, 4) is 0 Å². The second-order valence-corrected chi connectivity index (χ2v) is 6.06. The van der Waals surface area contributed by atoms with Gasteiger partial charge in [0.2, 0.25) is 11.8 Å². The van der Waals surface area contributed by atoms with Gasteiger partial charge in [0.15, 0.2) is 0 Å². The summed E-state index contributed by atoms with van der Waals surface area (Å²) in [7, 11) is 0. The van der Waals surface area contributed by atoms with E-state index in [2.05, 4.69) is 30.2 Å². The van der Waals surface area contributed by atoms with Gasteiger partial charge in [-0.05, 0) is 20.8 Å². The minimum absolute atomic E-state index is 0.0895. The van der Waals surface area contributed by atoms with Crippen molar-refractivity contribution in [1.82, 2.24) is 20.0 Å². The molecule has 1 saturated heterocycles. The smallest absolute Gasteiger partial charge is 0.240 e. The lowest BCUT2D eigenvalue weighted by atomic mass is 10.3. The van der Waals surface area contributed by atoms with Gasteiger partial charge in [0.25, 0.3) is 0 Å². The third-order valence-corrected chi connectivity index (χ3v) is 3.91. The average Bonchev–Trinajstić information content (AvgIpc) is 2.92. The average molecular weight is 330 g/mol. The summed E-state index contributed by atoms with van der Waals surface area (Å²) in [6.45, 7) is 9.34. The Morgan fingerprint density at radius 2 is 1.88 bits per heavy atom. The molecule has 0 unspecified atom stereocenters. The van der Waals surface area contributed by atoms with E-state index in [1.807, 2.05) is 26.8 Å². The molecule has 8 nitrogen and oxygen atoms in total. The number of nitrogens with zero attached hydrogens (tertiary/aromatic N) is 5. The van der Waals surface area contributed by atoms with Crippen LogP contribution in [0.25, 0.3) is 0 Å². The molecule has 0 saturated carbocycles. The summed E-state index contributed by atoms with van der Waals surface area (Å²) >= 11 is 0. The van der Waals surface area contributed by atoms with Crippen LogP contribution in [0.1, 0.15) is 17.2 Å². The number of nitrogens with one attached hydrogen (secondary N) is 1. The van der Waals surface area contributed by atoms with Gasteiger partial charge in [0.05, 0.1) is 12.2 Å². The summed E-state index contributed by atoms with van der Waals surface area (Å²) in [6, 6.07) is 3.71. The molecular formula is C16H22N6O2. The van der Waals surface area contributed by atoms with Gasteiger partial charge < -0.3 is 9.42 Å². The summed E-state index contributed by atoms with van der Waals surface area (Å²) in [4.78, 5) is 25.2. The van der Waals surface area contributed by atoms with Crippen LogP contribution >= 0.6 is 0 Å². The molecule has 0 radical (unpaired) electrons. The standard InChI is InChI=1S/C16H22N6O2/c1-11-8-14(18-13(3)17-11)22-6-4-21(5-7-22)10-15(23)19-16-9-12(2)20-24-16/h8-9H,4-7,10H2,1-3H3,(H,19,23). The largest absolute Gasteiger partial charge is 0.354 e. The monoisotopic (exact) mass is 330 g/mol. The highest BCUT2D eigenvalue weighted by Crippen LogP contribution is 2.15. The second-order valence-electron chi connectivity index (χ2n) is 6.06. The fraction of sp³-hybridized carbons (Fsp3) is 0.500. The van der Waals surface area contributed by atoms with Crippen LogP contribution in [0.3, 0.4) is 0 Å². The van der Waals surface area contributed by atoms with Crippen LogP contribution in [0.4, 0.5) is 11.7 Å². The first-order chi connectivity index (χ1) is 11.5. The number of carbonyl (C=O) groups excluding carboxylic acids is 1. The van der Waals surface area contributed by atoms with Crippen LogP contribution < -0.4 is 10.2 Å². The van der Waals surface area contributed by atoms with Gasteiger partial charge in [-0.25, -0.2) is 9.97 Å². The Hall–Kier alpha value is -2.48. The summed E-state index contributed by atoms with van der Waals surface area (Å²) in [5, 5.41) is 6.48. The van der Waals surface area contributed by atoms with E-state index in [9.17, 15) is 4.79 Å². The molecule has 1 fully saturated rings. The zero-order valence-corrected chi connectivity index (χ0v) is 14.2. The zero-order valence-electron chi connectivity index (χ0n) is 14.2. The number of hydrogen-bond acceptors (Lipinski definition) is 7. The van der Waals surface area contributed by atoms with E-state index in [1.165, 1.54) is 0 Å². The predicted molar refractivity (Wildman–Crippen MR) is 90.0 cm³/mol. The molecule has 0 spiro atoms. The van der Waals surface area contributed by atoms with E-state index in [4.69, 9.17) is 4.52 Å². The van der Waals surface area contributed by atoms with Crippen molar-refractivity contribution in [3.63, 3.8) is 0 Å². The van der Waals surface area contributed by atoms with E-state index >= 15 is 0 Å². The fourth-order valence-electron chi connectivity index (χ4n) is 2.80. The highest BCUT2D eigenvalue weighted by Gasteiger charge is 2.20. The summed E-state index contributed by atoms with van der Waals surface area (Å²) in [5.41, 5.74) is 1.72. The van der Waals surface area contributed by atoms with E-state index in [0.29, 0.717) is 12.4 Å². The van der Waals surface area contributed by atoms with E-state index in [0.717, 1.165) is 49.2 Å². The highest BCUT2D eigenvalue weighted by atomic mass is 16.5. The van der Waals surface area contributed by atoms with Gasteiger partial charge in [0.1, 0.15) is 11.6 Å². The highest BCUT2D eigenvalue weighted by molar-refractivity contribution is 5.90. The first kappa shape index (κ1) is 16.4. The number of piperazine rings is 1. The second kappa shape index (κ2) is 6.96. The molecule has 1 aliphatic heterocycles. The Morgan fingerprint density at radius 3 is 2.50 bits per heavy atom. The molecule has 0 atom stereocenters. The number of aromatic nitrogens is 3. The molecule has 0 bridgehead atoms. The maximum atomic E-state index is 12.1. The van der Waals surface area contributed by atoms with Crippen LogP contribution in [0.15, 0.2) is 16.7 Å². The lowest BCUT2D eigenvalue weighted by molar-refractivity contribution is -0.117. The SMILES string of the molecule is Cc1cc(NC(=O)CN2CCN(c3cc(C)nc(C)n3)CC2)on1. The molecule has 3 rings (SSSR count). The molecule has 1 aliphatic rings. The molecule has 8 heteroatoms. The number of amides is 1. The molecule has 24 heavy (non-hydrogen) atoms. The Labute approximate surface area is 140 Å². The maximum absolute atomic E-state index is 12.1. The Bertz CT molecular complexity index is 701. The molecule has 2 aromatic rings. The minimum Gasteiger partial charge on any atom is -0.354 e. The number of rotatable bonds is 4. The van der Waals surface area contributed by atoms with E-state index in [1.54, 1.807) is 6.07 Å². The quantitative estimate of drug-likeness (QED) is 0.899. The van der Waals surface area contributed by atoms with Gasteiger partial charge >= 0.3 is 0 Å². The van der Waals surface area contributed by atoms with Crippen molar-refractivity contribution in [2.45, 2.75) is 20.8 Å². The molecule has 2 aromatic heterocycles. The first-order valence-corrected chi connectivity index (χ1v) is 8.02. The number of anilines is 2. The third kappa shape index (κ3) is 4.08. The van der Waals surface area contributed by atoms with Gasteiger partial charge in [-0.1, -0.05) is 5.16 Å². The summed E-state index contributed by atoms with van der Waals surface area (Å²) in [5.74, 6) is 2.05. The van der Waals surface area contributed by atoms with Gasteiger partial charge in [-0.3, -0.25) is 15.0 Å². The Balaban J connectivity index is 1.50. The van der Waals surface area contributed by atoms with E-state index in [-0.39, 0.29) is 5.91 Å². The fourth-order valence-corrected chi connectivity index (χ4v) is 2.80. The minimum atomic E-state index is -0.0895. The van der Waals surface area contributed by atoms with Crippen LogP contribution in [-0.2, 0) is 4.79 Å². The molecule has 0 aromatic carbocycles. The van der Waals surface area contributed by atoms with Crippen LogP contribution in [0.5, 0.6) is 0 Å². The lowest BCUT2D eigenvalue weighted by Gasteiger charge is -2.35. The van der Waals surface area contributed by atoms with Crippen LogP contribution in [0.2, 0.25) is 0 Å². The third-order valence-electron chi connectivity index (χ3n) is 3.91. The Kier molecular flexibility index (Phi) is 4.75. The van der Waals surface area contributed by atoms with Crippen molar-refractivity contribution >= 4 is 17.6 Å². The van der Waals surface area contributed by atoms with Crippen molar-refractivity contribution in [2.24, 2.45) is 0 Å². The Morgan fingerprint density at radius 1 is 1.12 bits per heavy atom. The molecule has 128 valence electrons. The summed E-state index contributed by atoms with van der Waals surface area (Å²) < 4.78 is 5.00. The lowest BCUT2D eigenvalue weighted by Crippen LogP contribution is -2.49. The maximum Gasteiger partial charge on any atom is 0.240 e. The van der Waals surface area contributed by atoms with Crippen LogP contribution in [-0.4, -0.2) is 58.7 Å². The molecule has 1 amide bonds. The van der Waals surface area contributed by atoms with E-state index < -0.39 is 0 Å². The summed E-state index contributed by atoms with van der Waals surface area (Å²) in [6.07, 6.45) is 0. The number of aryl methyl sites for hydroxylation is 3. The van der Waals surface area contributed by atoms with Crippen molar-refractivity contribution < 1.29 is 9.32 Å². The van der Waals surface area contributed by atoms with Gasteiger partial charge in [0, 0.05) is 44.0 Å². The van der Waals surface area contributed by atoms with Crippen molar-refractivity contribution in [3.05, 3.63) is 29.3 Å². The predicted octanol–water partition coefficient (Wildman–Crippen LogP) is 1.15. The first-order valence-electron chi connectivity index (χ1n) is 8.02. The molecule has 1 N–H and O–H groups in total.